The minimum absolute atomic E-state index is 0.00346. The molecule has 0 aromatic carbocycles. The molecule has 6 nitrogen and oxygen atoms in total. The molecule has 7 heteroatoms. The minimum Gasteiger partial charge on any atom is -0.478 e. The predicted molar refractivity (Wildman–Crippen MR) is 66.4 cm³/mol. The number of hydrogen-bond acceptors (Lipinski definition) is 4. The van der Waals surface area contributed by atoms with Crippen molar-refractivity contribution in [3.8, 4) is 0 Å². The third-order valence-electron chi connectivity index (χ3n) is 1.85. The van der Waals surface area contributed by atoms with Crippen LogP contribution in [-0.2, 0) is 14.8 Å². The van der Waals surface area contributed by atoms with Crippen LogP contribution in [0.25, 0.3) is 6.08 Å². The number of hydrogen-bond donors (Lipinski definition) is 2. The number of pyridine rings is 1. The zero-order valence-corrected chi connectivity index (χ0v) is 10.8. The van der Waals surface area contributed by atoms with E-state index in [0.29, 0.717) is 5.56 Å². The number of carboxylic acid groups (broad SMARTS) is 1. The van der Waals surface area contributed by atoms with Crippen LogP contribution in [0.2, 0.25) is 0 Å². The lowest BCUT2D eigenvalue weighted by molar-refractivity contribution is -0.131. The molecule has 1 aromatic rings. The number of nitrogens with one attached hydrogen (secondary N) is 1. The average Bonchev–Trinajstić information content (AvgIpc) is 2.25. The maximum absolute atomic E-state index is 11.8. The van der Waals surface area contributed by atoms with Gasteiger partial charge in [0.15, 0.2) is 0 Å². The number of carbonyl (C=O) groups is 1. The van der Waals surface area contributed by atoms with Crippen LogP contribution in [0.15, 0.2) is 29.4 Å². The molecule has 1 rings (SSSR count). The van der Waals surface area contributed by atoms with E-state index in [1.54, 1.807) is 13.8 Å². The van der Waals surface area contributed by atoms with Crippen molar-refractivity contribution in [3.63, 3.8) is 0 Å². The Kier molecular flexibility index (Phi) is 4.57. The van der Waals surface area contributed by atoms with Gasteiger partial charge in [-0.3, -0.25) is 4.98 Å². The van der Waals surface area contributed by atoms with E-state index in [4.69, 9.17) is 5.11 Å². The molecule has 0 saturated heterocycles. The molecule has 1 heterocycles. The zero-order chi connectivity index (χ0) is 13.8. The summed E-state index contributed by atoms with van der Waals surface area (Å²) >= 11 is 0. The summed E-state index contributed by atoms with van der Waals surface area (Å²) in [5.74, 6) is -1.11. The molecule has 98 valence electrons. The second-order valence-corrected chi connectivity index (χ2v) is 5.62. The average molecular weight is 270 g/mol. The van der Waals surface area contributed by atoms with Crippen molar-refractivity contribution in [1.29, 1.82) is 0 Å². The first kappa shape index (κ1) is 14.3. The van der Waals surface area contributed by atoms with Gasteiger partial charge in [0.05, 0.1) is 0 Å². The van der Waals surface area contributed by atoms with Crippen molar-refractivity contribution < 1.29 is 18.3 Å². The van der Waals surface area contributed by atoms with Crippen LogP contribution in [0.5, 0.6) is 0 Å². The molecule has 0 saturated carbocycles. The monoisotopic (exact) mass is 270 g/mol. The molecule has 0 fully saturated rings. The zero-order valence-electron chi connectivity index (χ0n) is 9.99. The summed E-state index contributed by atoms with van der Waals surface area (Å²) in [4.78, 5) is 14.1. The van der Waals surface area contributed by atoms with E-state index in [1.165, 1.54) is 24.5 Å². The van der Waals surface area contributed by atoms with E-state index in [0.717, 1.165) is 6.08 Å². The van der Waals surface area contributed by atoms with Gasteiger partial charge in [-0.25, -0.2) is 17.9 Å². The Hall–Kier alpha value is -1.73. The summed E-state index contributed by atoms with van der Waals surface area (Å²) < 4.78 is 26.1. The third kappa shape index (κ3) is 4.27. The van der Waals surface area contributed by atoms with Gasteiger partial charge in [0.2, 0.25) is 10.0 Å². The fraction of sp³-hybridized carbons (Fsp3) is 0.273. The van der Waals surface area contributed by atoms with Crippen LogP contribution in [0.3, 0.4) is 0 Å². The molecular weight excluding hydrogens is 256 g/mol. The Bertz CT molecular complexity index is 564. The Morgan fingerprint density at radius 1 is 1.44 bits per heavy atom. The highest BCUT2D eigenvalue weighted by Crippen LogP contribution is 2.11. The van der Waals surface area contributed by atoms with Gasteiger partial charge in [0, 0.05) is 24.5 Å². The lowest BCUT2D eigenvalue weighted by atomic mass is 10.2. The van der Waals surface area contributed by atoms with Gasteiger partial charge in [-0.05, 0) is 31.6 Å². The van der Waals surface area contributed by atoms with Gasteiger partial charge >= 0.3 is 5.97 Å². The molecule has 2 N–H and O–H groups in total. The van der Waals surface area contributed by atoms with Gasteiger partial charge in [-0.15, -0.1) is 0 Å². The Labute approximate surface area is 105 Å². The fourth-order valence-electron chi connectivity index (χ4n) is 1.22. The van der Waals surface area contributed by atoms with Crippen LogP contribution in [0.1, 0.15) is 19.4 Å². The molecule has 18 heavy (non-hydrogen) atoms. The Morgan fingerprint density at radius 2 is 2.11 bits per heavy atom. The molecule has 0 radical (unpaired) electrons. The summed E-state index contributed by atoms with van der Waals surface area (Å²) in [7, 11) is -3.61. The second kappa shape index (κ2) is 5.74. The van der Waals surface area contributed by atoms with Crippen molar-refractivity contribution in [2.24, 2.45) is 0 Å². The Morgan fingerprint density at radius 3 is 2.67 bits per heavy atom. The van der Waals surface area contributed by atoms with Crippen LogP contribution in [-0.4, -0.2) is 30.5 Å². The highest BCUT2D eigenvalue weighted by atomic mass is 32.2. The summed E-state index contributed by atoms with van der Waals surface area (Å²) in [6, 6.07) is 1.13. The van der Waals surface area contributed by atoms with Crippen molar-refractivity contribution in [2.75, 3.05) is 0 Å². The Balaban J connectivity index is 3.05. The number of nitrogens with zero attached hydrogens (tertiary/aromatic N) is 1. The van der Waals surface area contributed by atoms with Crippen molar-refractivity contribution in [2.45, 2.75) is 24.8 Å². The maximum atomic E-state index is 11.8. The molecule has 0 aliphatic heterocycles. The highest BCUT2D eigenvalue weighted by molar-refractivity contribution is 7.89. The largest absolute Gasteiger partial charge is 0.478 e. The highest BCUT2D eigenvalue weighted by Gasteiger charge is 2.15. The standard InChI is InChI=1S/C11H14N2O4S/c1-8(2)13-18(16,17)10-5-9(6-12-7-10)3-4-11(14)15/h3-8,13H,1-2H3,(H,14,15). The van der Waals surface area contributed by atoms with E-state index >= 15 is 0 Å². The first-order chi connectivity index (χ1) is 8.31. The van der Waals surface area contributed by atoms with E-state index in [9.17, 15) is 13.2 Å². The lowest BCUT2D eigenvalue weighted by Gasteiger charge is -2.09. The van der Waals surface area contributed by atoms with Gasteiger partial charge in [-0.2, -0.15) is 0 Å². The van der Waals surface area contributed by atoms with Crippen LogP contribution in [0, 0.1) is 0 Å². The number of sulfonamides is 1. The number of aliphatic carboxylic acids is 1. The molecule has 0 spiro atoms. The van der Waals surface area contributed by atoms with E-state index in [2.05, 4.69) is 9.71 Å². The maximum Gasteiger partial charge on any atom is 0.328 e. The van der Waals surface area contributed by atoms with Gasteiger partial charge in [-0.1, -0.05) is 0 Å². The molecule has 0 aliphatic carbocycles. The molecule has 1 aromatic heterocycles. The summed E-state index contributed by atoms with van der Waals surface area (Å²) in [6.45, 7) is 3.42. The fourth-order valence-corrected chi connectivity index (χ4v) is 2.47. The molecule has 0 bridgehead atoms. The van der Waals surface area contributed by atoms with Crippen LogP contribution in [0.4, 0.5) is 0 Å². The third-order valence-corrected chi connectivity index (χ3v) is 3.48. The van der Waals surface area contributed by atoms with E-state index in [-0.39, 0.29) is 10.9 Å². The van der Waals surface area contributed by atoms with Gasteiger partial charge in [0.25, 0.3) is 0 Å². The van der Waals surface area contributed by atoms with Crippen LogP contribution < -0.4 is 4.72 Å². The first-order valence-corrected chi connectivity index (χ1v) is 6.68. The van der Waals surface area contributed by atoms with Crippen molar-refractivity contribution >= 4 is 22.1 Å². The molecule has 0 unspecified atom stereocenters. The van der Waals surface area contributed by atoms with Crippen LogP contribution >= 0.6 is 0 Å². The van der Waals surface area contributed by atoms with Crippen molar-refractivity contribution in [1.82, 2.24) is 9.71 Å². The summed E-state index contributed by atoms with van der Waals surface area (Å²) in [6.07, 6.45) is 4.80. The minimum atomic E-state index is -3.61. The quantitative estimate of drug-likeness (QED) is 0.774. The summed E-state index contributed by atoms with van der Waals surface area (Å²) in [5, 5.41) is 8.49. The molecule has 0 amide bonds. The SMILES string of the molecule is CC(C)NS(=O)(=O)c1cncc(C=CC(=O)O)c1. The number of rotatable bonds is 5. The van der Waals surface area contributed by atoms with Gasteiger partial charge < -0.3 is 5.11 Å². The first-order valence-electron chi connectivity index (χ1n) is 5.19. The number of carboxylic acids is 1. The lowest BCUT2D eigenvalue weighted by Crippen LogP contribution is -2.30. The smallest absolute Gasteiger partial charge is 0.328 e. The molecule has 0 atom stereocenters. The topological polar surface area (TPSA) is 96.4 Å². The predicted octanol–water partition coefficient (Wildman–Crippen LogP) is 0.866. The molecular formula is C11H14N2O4S. The van der Waals surface area contributed by atoms with Gasteiger partial charge in [0.1, 0.15) is 4.90 Å². The molecule has 0 aliphatic rings. The number of aromatic nitrogens is 1. The second-order valence-electron chi connectivity index (χ2n) is 3.90. The normalized spacial score (nSPS) is 12.2. The van der Waals surface area contributed by atoms with Crippen molar-refractivity contribution in [3.05, 3.63) is 30.1 Å². The van der Waals surface area contributed by atoms with E-state index < -0.39 is 16.0 Å². The summed E-state index contributed by atoms with van der Waals surface area (Å²) in [5.41, 5.74) is 0.407. The van der Waals surface area contributed by atoms with E-state index in [1.807, 2.05) is 0 Å².